The van der Waals surface area contributed by atoms with E-state index < -0.39 is 10.0 Å². The topological polar surface area (TPSA) is 82.8 Å². The Morgan fingerprint density at radius 1 is 1.30 bits per heavy atom. The highest BCUT2D eigenvalue weighted by atomic mass is 32.2. The SMILES string of the molecule is CCN1CCN(c2snc(N)c2S(=O)(=O)N(C)C)CC1. The number of hydrogen-bond donors (Lipinski definition) is 1. The summed E-state index contributed by atoms with van der Waals surface area (Å²) in [4.78, 5) is 4.55. The molecular formula is C11H21N5O2S2. The van der Waals surface area contributed by atoms with Crippen molar-refractivity contribution in [2.24, 2.45) is 0 Å². The summed E-state index contributed by atoms with van der Waals surface area (Å²) in [5.74, 6) is 0.0941. The quantitative estimate of drug-likeness (QED) is 0.849. The molecule has 1 aliphatic rings. The molecule has 0 unspecified atom stereocenters. The van der Waals surface area contributed by atoms with E-state index in [2.05, 4.69) is 21.1 Å². The van der Waals surface area contributed by atoms with E-state index in [0.29, 0.717) is 5.00 Å². The predicted molar refractivity (Wildman–Crippen MR) is 81.7 cm³/mol. The summed E-state index contributed by atoms with van der Waals surface area (Å²) in [6.07, 6.45) is 0. The predicted octanol–water partition coefficient (Wildman–Crippen LogP) is 0.118. The fourth-order valence-corrected chi connectivity index (χ4v) is 4.45. The minimum Gasteiger partial charge on any atom is -0.382 e. The van der Waals surface area contributed by atoms with Crippen LogP contribution in [-0.2, 0) is 10.0 Å². The van der Waals surface area contributed by atoms with Gasteiger partial charge in [-0.1, -0.05) is 6.92 Å². The highest BCUT2D eigenvalue weighted by Crippen LogP contribution is 2.36. The number of nitrogens with two attached hydrogens (primary N) is 1. The molecule has 1 saturated heterocycles. The van der Waals surface area contributed by atoms with Gasteiger partial charge >= 0.3 is 0 Å². The molecule has 9 heteroatoms. The van der Waals surface area contributed by atoms with E-state index in [1.54, 1.807) is 0 Å². The number of anilines is 2. The monoisotopic (exact) mass is 319 g/mol. The number of nitrogens with zero attached hydrogens (tertiary/aromatic N) is 4. The first-order valence-corrected chi connectivity index (χ1v) is 8.74. The van der Waals surface area contributed by atoms with Crippen LogP contribution in [0.5, 0.6) is 0 Å². The third-order valence-electron chi connectivity index (χ3n) is 3.50. The van der Waals surface area contributed by atoms with Crippen molar-refractivity contribution in [2.75, 3.05) is 57.5 Å². The Bertz CT molecular complexity index is 561. The molecule has 0 aliphatic carbocycles. The molecule has 1 fully saturated rings. The summed E-state index contributed by atoms with van der Waals surface area (Å²) in [6.45, 7) is 6.59. The lowest BCUT2D eigenvalue weighted by atomic mass is 10.3. The van der Waals surface area contributed by atoms with Crippen molar-refractivity contribution in [1.29, 1.82) is 0 Å². The molecule has 0 aromatic carbocycles. The Labute approximate surface area is 124 Å². The molecule has 0 spiro atoms. The van der Waals surface area contributed by atoms with E-state index in [4.69, 9.17) is 5.73 Å². The molecule has 1 aliphatic heterocycles. The van der Waals surface area contributed by atoms with Crippen LogP contribution in [0.25, 0.3) is 0 Å². The normalized spacial score (nSPS) is 17.9. The number of hydrogen-bond acceptors (Lipinski definition) is 7. The van der Waals surface area contributed by atoms with Crippen LogP contribution in [0, 0.1) is 0 Å². The highest BCUT2D eigenvalue weighted by Gasteiger charge is 2.31. The van der Waals surface area contributed by atoms with Crippen molar-refractivity contribution >= 4 is 32.4 Å². The van der Waals surface area contributed by atoms with Gasteiger partial charge in [-0.3, -0.25) is 0 Å². The second-order valence-corrected chi connectivity index (χ2v) is 7.75. The molecule has 0 amide bonds. The fraction of sp³-hybridized carbons (Fsp3) is 0.727. The molecule has 1 aromatic rings. The number of aromatic nitrogens is 1. The van der Waals surface area contributed by atoms with Crippen LogP contribution in [-0.4, -0.2) is 68.8 Å². The first kappa shape index (κ1) is 15.5. The third-order valence-corrected chi connectivity index (χ3v) is 6.44. The van der Waals surface area contributed by atoms with E-state index in [-0.39, 0.29) is 10.7 Å². The van der Waals surface area contributed by atoms with Crippen molar-refractivity contribution in [3.05, 3.63) is 0 Å². The van der Waals surface area contributed by atoms with E-state index in [1.165, 1.54) is 18.4 Å². The summed E-state index contributed by atoms with van der Waals surface area (Å²) in [5, 5.41) is 0.659. The lowest BCUT2D eigenvalue weighted by Gasteiger charge is -2.34. The first-order valence-electron chi connectivity index (χ1n) is 6.53. The molecule has 0 bridgehead atoms. The summed E-state index contributed by atoms with van der Waals surface area (Å²) in [6, 6.07) is 0. The smallest absolute Gasteiger partial charge is 0.249 e. The van der Waals surface area contributed by atoms with Crippen molar-refractivity contribution in [1.82, 2.24) is 13.6 Å². The van der Waals surface area contributed by atoms with Crippen molar-refractivity contribution < 1.29 is 8.42 Å². The summed E-state index contributed by atoms with van der Waals surface area (Å²) in [5.41, 5.74) is 5.78. The molecule has 0 atom stereocenters. The minimum absolute atomic E-state index is 0.0941. The van der Waals surface area contributed by atoms with Gasteiger partial charge in [0.25, 0.3) is 0 Å². The maximum absolute atomic E-state index is 12.4. The number of likely N-dealkylation sites (N-methyl/N-ethyl adjacent to an activating group) is 1. The Balaban J connectivity index is 2.31. The number of rotatable bonds is 4. The lowest BCUT2D eigenvalue weighted by Crippen LogP contribution is -2.46. The Kier molecular flexibility index (Phi) is 4.52. The van der Waals surface area contributed by atoms with Gasteiger partial charge in [-0.05, 0) is 18.1 Å². The van der Waals surface area contributed by atoms with Gasteiger partial charge in [0.05, 0.1) is 0 Å². The van der Waals surface area contributed by atoms with Crippen LogP contribution in [0.4, 0.5) is 10.8 Å². The second kappa shape index (κ2) is 5.84. The van der Waals surface area contributed by atoms with E-state index >= 15 is 0 Å². The highest BCUT2D eigenvalue weighted by molar-refractivity contribution is 7.89. The van der Waals surface area contributed by atoms with Gasteiger partial charge in [0.15, 0.2) is 10.7 Å². The van der Waals surface area contributed by atoms with Gasteiger partial charge in [0, 0.05) is 40.3 Å². The average molecular weight is 319 g/mol. The van der Waals surface area contributed by atoms with Crippen LogP contribution in [0.2, 0.25) is 0 Å². The molecule has 2 heterocycles. The summed E-state index contributed by atoms with van der Waals surface area (Å²) >= 11 is 1.16. The molecule has 1 aromatic heterocycles. The first-order chi connectivity index (χ1) is 9.37. The molecule has 2 rings (SSSR count). The van der Waals surface area contributed by atoms with Crippen molar-refractivity contribution in [3.8, 4) is 0 Å². The van der Waals surface area contributed by atoms with Gasteiger partial charge in [-0.2, -0.15) is 4.37 Å². The Morgan fingerprint density at radius 3 is 2.40 bits per heavy atom. The zero-order valence-electron chi connectivity index (χ0n) is 12.0. The molecular weight excluding hydrogens is 298 g/mol. The van der Waals surface area contributed by atoms with Gasteiger partial charge in [0.2, 0.25) is 10.0 Å². The van der Waals surface area contributed by atoms with Crippen molar-refractivity contribution in [2.45, 2.75) is 11.8 Å². The number of nitrogen functional groups attached to an aromatic ring is 1. The lowest BCUT2D eigenvalue weighted by molar-refractivity contribution is 0.271. The minimum atomic E-state index is -3.56. The molecule has 7 nitrogen and oxygen atoms in total. The van der Waals surface area contributed by atoms with E-state index in [1.807, 2.05) is 0 Å². The second-order valence-electron chi connectivity index (χ2n) is 4.91. The van der Waals surface area contributed by atoms with E-state index in [9.17, 15) is 8.42 Å². The average Bonchev–Trinajstić information content (AvgIpc) is 2.81. The maximum atomic E-state index is 12.4. The molecule has 2 N–H and O–H groups in total. The molecule has 114 valence electrons. The van der Waals surface area contributed by atoms with Gasteiger partial charge in [0.1, 0.15) is 5.00 Å². The third kappa shape index (κ3) is 2.76. The van der Waals surface area contributed by atoms with Crippen LogP contribution in [0.15, 0.2) is 4.90 Å². The van der Waals surface area contributed by atoms with Crippen LogP contribution in [0.3, 0.4) is 0 Å². The Morgan fingerprint density at radius 2 is 1.90 bits per heavy atom. The zero-order chi connectivity index (χ0) is 14.9. The van der Waals surface area contributed by atoms with Gasteiger partial charge in [-0.25, -0.2) is 12.7 Å². The van der Waals surface area contributed by atoms with Crippen LogP contribution < -0.4 is 10.6 Å². The van der Waals surface area contributed by atoms with E-state index in [0.717, 1.165) is 44.3 Å². The molecule has 20 heavy (non-hydrogen) atoms. The largest absolute Gasteiger partial charge is 0.382 e. The van der Waals surface area contributed by atoms with Gasteiger partial charge < -0.3 is 15.5 Å². The molecule has 0 saturated carbocycles. The summed E-state index contributed by atoms with van der Waals surface area (Å²) < 4.78 is 30.0. The molecule has 0 radical (unpaired) electrons. The maximum Gasteiger partial charge on any atom is 0.249 e. The van der Waals surface area contributed by atoms with Crippen molar-refractivity contribution in [3.63, 3.8) is 0 Å². The number of sulfonamides is 1. The zero-order valence-corrected chi connectivity index (χ0v) is 13.7. The summed E-state index contributed by atoms with van der Waals surface area (Å²) in [7, 11) is -0.552. The fourth-order valence-electron chi connectivity index (χ4n) is 2.18. The standard InChI is InChI=1S/C11H21N5O2S2/c1-4-15-5-7-16(8-6-15)11-9(10(12)13-19-11)20(17,18)14(2)3/h4-8H2,1-3H3,(H2,12,13). The van der Waals surface area contributed by atoms with Crippen LogP contribution in [0.1, 0.15) is 6.92 Å². The van der Waals surface area contributed by atoms with Crippen LogP contribution >= 0.6 is 11.5 Å². The number of piperazine rings is 1. The Hall–Kier alpha value is -0.900. The van der Waals surface area contributed by atoms with Gasteiger partial charge in [-0.15, -0.1) is 0 Å².